The second-order valence-electron chi connectivity index (χ2n) is 6.32. The molecule has 0 saturated heterocycles. The summed E-state index contributed by atoms with van der Waals surface area (Å²) in [5.41, 5.74) is 0. The van der Waals surface area contributed by atoms with Crippen LogP contribution in [0.1, 0.15) is 77.6 Å². The number of unbranched alkanes of at least 4 members (excludes halogenated alkanes) is 9. The quantitative estimate of drug-likeness (QED) is 0.357. The zero-order valence-corrected chi connectivity index (χ0v) is 13.3. The molecule has 0 spiro atoms. The van der Waals surface area contributed by atoms with Gasteiger partial charge in [0.15, 0.2) is 0 Å². The average Bonchev–Trinajstić information content (AvgIpc) is 2.71. The number of nitrogens with zero attached hydrogens (tertiary/aromatic N) is 2. The van der Waals surface area contributed by atoms with Crippen molar-refractivity contribution in [3.63, 3.8) is 0 Å². The Kier molecular flexibility index (Phi) is 8.04. The summed E-state index contributed by atoms with van der Waals surface area (Å²) >= 11 is 0. The third-order valence-electron chi connectivity index (χ3n) is 4.08. The summed E-state index contributed by atoms with van der Waals surface area (Å²) in [6.07, 6.45) is 19.3. The Bertz CT molecular complexity index is 290. The van der Waals surface area contributed by atoms with Crippen molar-refractivity contribution >= 4 is 5.84 Å². The molecule has 1 aliphatic heterocycles. The molecular weight excluding hydrogens is 232 g/mol. The molecule has 1 aliphatic rings. The highest BCUT2D eigenvalue weighted by Gasteiger charge is 2.23. The molecule has 0 unspecified atom stereocenters. The molecule has 0 amide bonds. The summed E-state index contributed by atoms with van der Waals surface area (Å²) in [6.45, 7) is 2.28. The third-order valence-corrected chi connectivity index (χ3v) is 4.08. The molecule has 0 aromatic carbocycles. The van der Waals surface area contributed by atoms with E-state index in [1.165, 1.54) is 70.0 Å². The highest BCUT2D eigenvalue weighted by Crippen LogP contribution is 2.16. The zero-order chi connectivity index (χ0) is 14.0. The van der Waals surface area contributed by atoms with Crippen LogP contribution in [0.5, 0.6) is 0 Å². The third kappa shape index (κ3) is 6.91. The number of rotatable bonds is 11. The van der Waals surface area contributed by atoms with Crippen LogP contribution in [-0.4, -0.2) is 24.4 Å². The Labute approximate surface area is 120 Å². The smallest absolute Gasteiger partial charge is 0.207 e. The Morgan fingerprint density at radius 3 is 1.84 bits per heavy atom. The van der Waals surface area contributed by atoms with E-state index in [4.69, 9.17) is 0 Å². The van der Waals surface area contributed by atoms with Crippen LogP contribution in [0.4, 0.5) is 0 Å². The minimum atomic E-state index is 0.859. The van der Waals surface area contributed by atoms with Crippen molar-refractivity contribution in [2.75, 3.05) is 14.1 Å². The fraction of sp³-hybridized carbons (Fsp3) is 0.824. The molecule has 2 heteroatoms. The Hall–Kier alpha value is -0.630. The summed E-state index contributed by atoms with van der Waals surface area (Å²) < 4.78 is 0.859. The molecule has 1 rings (SSSR count). The van der Waals surface area contributed by atoms with Crippen LogP contribution >= 0.6 is 0 Å². The van der Waals surface area contributed by atoms with E-state index in [-0.39, 0.29) is 0 Å². The lowest BCUT2D eigenvalue weighted by atomic mass is 10.1. The molecule has 19 heavy (non-hydrogen) atoms. The topological polar surface area (TPSA) is 12.4 Å². The van der Waals surface area contributed by atoms with Gasteiger partial charge in [-0.05, 0) is 6.42 Å². The standard InChI is InChI=1S/C17H33N2/c1-4-5-6-7-8-9-10-11-12-13-14-17-18-15-16-19(17,2)3/h15-16H,4-14H2,1-3H3/q+1. The van der Waals surface area contributed by atoms with Gasteiger partial charge in [0.1, 0.15) is 6.20 Å². The van der Waals surface area contributed by atoms with E-state index in [1.807, 2.05) is 6.20 Å². The van der Waals surface area contributed by atoms with E-state index in [1.54, 1.807) is 0 Å². The van der Waals surface area contributed by atoms with Crippen LogP contribution in [0.2, 0.25) is 0 Å². The van der Waals surface area contributed by atoms with Crippen molar-refractivity contribution < 1.29 is 4.48 Å². The van der Waals surface area contributed by atoms with Crippen molar-refractivity contribution in [3.8, 4) is 0 Å². The fourth-order valence-corrected chi connectivity index (χ4v) is 2.64. The highest BCUT2D eigenvalue weighted by molar-refractivity contribution is 5.77. The van der Waals surface area contributed by atoms with Crippen LogP contribution in [0.15, 0.2) is 17.4 Å². The van der Waals surface area contributed by atoms with Crippen LogP contribution in [-0.2, 0) is 0 Å². The van der Waals surface area contributed by atoms with Gasteiger partial charge in [-0.3, -0.25) is 4.48 Å². The minimum absolute atomic E-state index is 0.859. The van der Waals surface area contributed by atoms with E-state index in [2.05, 4.69) is 32.2 Å². The van der Waals surface area contributed by atoms with Gasteiger partial charge in [-0.25, -0.2) is 4.99 Å². The molecule has 0 aliphatic carbocycles. The Balaban J connectivity index is 1.87. The average molecular weight is 265 g/mol. The summed E-state index contributed by atoms with van der Waals surface area (Å²) in [5, 5.41) is 0. The van der Waals surface area contributed by atoms with Crippen molar-refractivity contribution in [1.29, 1.82) is 0 Å². The summed E-state index contributed by atoms with van der Waals surface area (Å²) in [4.78, 5) is 4.47. The normalized spacial score (nSPS) is 16.9. The van der Waals surface area contributed by atoms with Gasteiger partial charge in [0.05, 0.1) is 20.3 Å². The van der Waals surface area contributed by atoms with Crippen LogP contribution in [0.3, 0.4) is 0 Å². The summed E-state index contributed by atoms with van der Waals surface area (Å²) in [6, 6.07) is 0. The Morgan fingerprint density at radius 1 is 0.842 bits per heavy atom. The number of hydrogen-bond acceptors (Lipinski definition) is 1. The van der Waals surface area contributed by atoms with Crippen molar-refractivity contribution in [2.45, 2.75) is 77.6 Å². The highest BCUT2D eigenvalue weighted by atomic mass is 15.4. The van der Waals surface area contributed by atoms with E-state index in [0.717, 1.165) is 10.9 Å². The first-order chi connectivity index (χ1) is 9.17. The first-order valence-electron chi connectivity index (χ1n) is 8.25. The second kappa shape index (κ2) is 9.30. The molecule has 0 radical (unpaired) electrons. The first kappa shape index (κ1) is 16.4. The summed E-state index contributed by atoms with van der Waals surface area (Å²) in [7, 11) is 4.41. The van der Waals surface area contributed by atoms with Gasteiger partial charge < -0.3 is 0 Å². The van der Waals surface area contributed by atoms with Crippen molar-refractivity contribution in [2.24, 2.45) is 4.99 Å². The molecule has 0 saturated carbocycles. The van der Waals surface area contributed by atoms with Crippen LogP contribution in [0.25, 0.3) is 0 Å². The van der Waals surface area contributed by atoms with Gasteiger partial charge in [0.25, 0.3) is 0 Å². The van der Waals surface area contributed by atoms with Crippen LogP contribution < -0.4 is 0 Å². The number of aliphatic imine (C=N–C) groups is 1. The van der Waals surface area contributed by atoms with E-state index in [0.29, 0.717) is 0 Å². The largest absolute Gasteiger partial charge is 0.256 e. The maximum atomic E-state index is 4.47. The predicted molar refractivity (Wildman–Crippen MR) is 85.1 cm³/mol. The van der Waals surface area contributed by atoms with Gasteiger partial charge in [-0.1, -0.05) is 64.7 Å². The maximum Gasteiger partial charge on any atom is 0.207 e. The minimum Gasteiger partial charge on any atom is -0.256 e. The van der Waals surface area contributed by atoms with E-state index in [9.17, 15) is 0 Å². The molecule has 110 valence electrons. The molecule has 0 aromatic heterocycles. The van der Waals surface area contributed by atoms with Gasteiger partial charge in [0.2, 0.25) is 5.84 Å². The monoisotopic (exact) mass is 265 g/mol. The summed E-state index contributed by atoms with van der Waals surface area (Å²) in [5.74, 6) is 1.32. The zero-order valence-electron chi connectivity index (χ0n) is 13.3. The number of amidine groups is 1. The molecule has 0 atom stereocenters. The van der Waals surface area contributed by atoms with Crippen molar-refractivity contribution in [1.82, 2.24) is 0 Å². The first-order valence-corrected chi connectivity index (χ1v) is 8.25. The van der Waals surface area contributed by atoms with Gasteiger partial charge in [0, 0.05) is 6.42 Å². The number of quaternary nitrogens is 1. The molecule has 2 nitrogen and oxygen atoms in total. The fourth-order valence-electron chi connectivity index (χ4n) is 2.64. The van der Waals surface area contributed by atoms with Crippen molar-refractivity contribution in [3.05, 3.63) is 12.4 Å². The van der Waals surface area contributed by atoms with Gasteiger partial charge >= 0.3 is 0 Å². The molecule has 0 aromatic rings. The molecule has 0 N–H and O–H groups in total. The Morgan fingerprint density at radius 2 is 1.37 bits per heavy atom. The van der Waals surface area contributed by atoms with E-state index < -0.39 is 0 Å². The second-order valence-corrected chi connectivity index (χ2v) is 6.32. The van der Waals surface area contributed by atoms with Crippen LogP contribution in [0, 0.1) is 0 Å². The van der Waals surface area contributed by atoms with E-state index >= 15 is 0 Å². The van der Waals surface area contributed by atoms with Gasteiger partial charge in [-0.2, -0.15) is 0 Å². The molecule has 0 bridgehead atoms. The number of hydrogen-bond donors (Lipinski definition) is 0. The molecule has 0 fully saturated rings. The lowest BCUT2D eigenvalue weighted by Crippen LogP contribution is -2.37. The lowest BCUT2D eigenvalue weighted by molar-refractivity contribution is -0.741. The SMILES string of the molecule is CCCCCCCCCCCCC1=NC=C[N+]1(C)C. The van der Waals surface area contributed by atoms with Gasteiger partial charge in [-0.15, -0.1) is 0 Å². The predicted octanol–water partition coefficient (Wildman–Crippen LogP) is 5.26. The lowest BCUT2D eigenvalue weighted by Gasteiger charge is -2.21. The maximum absolute atomic E-state index is 4.47. The molecular formula is C17H33N2+. The molecule has 1 heterocycles.